The number of carbonyl (C=O) groups excluding carboxylic acids is 1. The first-order chi connectivity index (χ1) is 9.56. The quantitative estimate of drug-likeness (QED) is 0.494. The molecule has 0 aliphatic rings. The Bertz CT molecular complexity index is 463. The molecule has 0 fully saturated rings. The molecule has 0 aliphatic heterocycles. The number of nitrogens with one attached hydrogen (secondary N) is 2. The van der Waals surface area contributed by atoms with Gasteiger partial charge in [-0.25, -0.2) is 10.1 Å². The van der Waals surface area contributed by atoms with Gasteiger partial charge in [-0.15, -0.1) is 0 Å². The summed E-state index contributed by atoms with van der Waals surface area (Å²) in [5.41, 5.74) is 1.72. The minimum Gasteiger partial charge on any atom is -0.450 e. The molecule has 0 radical (unpaired) electrons. The Hall–Kier alpha value is -2.04. The molecule has 1 aromatic carbocycles. The maximum atomic E-state index is 11.3. The zero-order chi connectivity index (χ0) is 15.0. The summed E-state index contributed by atoms with van der Waals surface area (Å²) >= 11 is 0. The lowest BCUT2D eigenvalue weighted by Crippen LogP contribution is -2.22. The third-order valence-corrected chi connectivity index (χ3v) is 2.72. The highest BCUT2D eigenvalue weighted by atomic mass is 16.5. The van der Waals surface area contributed by atoms with Gasteiger partial charge in [0, 0.05) is 12.1 Å². The topological polar surface area (TPSA) is 53.4 Å². The van der Waals surface area contributed by atoms with Gasteiger partial charge in [0.05, 0.1) is 20.7 Å². The standard InChI is InChI=1S/C15H23N3O2/c1-5-7-14(18(3)4)16-12-8-10-13(11-9-12)17-15(19)20-6-2/h8-11H,5-7H2,1-4H3,(H,17,19)/p+1. The van der Waals surface area contributed by atoms with Crippen molar-refractivity contribution in [2.75, 3.05) is 31.3 Å². The van der Waals surface area contributed by atoms with E-state index in [1.807, 2.05) is 38.4 Å². The van der Waals surface area contributed by atoms with E-state index in [9.17, 15) is 4.79 Å². The van der Waals surface area contributed by atoms with Crippen molar-refractivity contribution in [2.24, 2.45) is 0 Å². The number of nitrogens with zero attached hydrogens (tertiary/aromatic N) is 1. The Labute approximate surface area is 120 Å². The maximum Gasteiger partial charge on any atom is 0.411 e. The van der Waals surface area contributed by atoms with Gasteiger partial charge in [0.25, 0.3) is 0 Å². The number of anilines is 2. The molecule has 2 N–H and O–H groups in total. The van der Waals surface area contributed by atoms with Crippen LogP contribution >= 0.6 is 0 Å². The smallest absolute Gasteiger partial charge is 0.411 e. The number of hydrogen-bond acceptors (Lipinski definition) is 2. The molecular formula is C15H24N3O2+. The Kier molecular flexibility index (Phi) is 6.56. The molecule has 0 heterocycles. The van der Waals surface area contributed by atoms with E-state index in [4.69, 9.17) is 4.74 Å². The van der Waals surface area contributed by atoms with Crippen LogP contribution in [0, 0.1) is 0 Å². The van der Waals surface area contributed by atoms with Gasteiger partial charge < -0.3 is 4.74 Å². The number of hydrogen-bond donors (Lipinski definition) is 2. The fourth-order valence-corrected chi connectivity index (χ4v) is 1.72. The number of carbonyl (C=O) groups is 1. The van der Waals surface area contributed by atoms with Crippen LogP contribution in [-0.4, -0.2) is 37.2 Å². The molecule has 1 amide bonds. The van der Waals surface area contributed by atoms with Gasteiger partial charge in [-0.1, -0.05) is 6.92 Å². The van der Waals surface area contributed by atoms with Gasteiger partial charge in [0.2, 0.25) is 5.84 Å². The van der Waals surface area contributed by atoms with Crippen molar-refractivity contribution in [1.82, 2.24) is 0 Å². The first kappa shape index (κ1) is 16.0. The van der Waals surface area contributed by atoms with Gasteiger partial charge in [0.15, 0.2) is 0 Å². The molecule has 0 saturated heterocycles. The van der Waals surface area contributed by atoms with Crippen LogP contribution < -0.4 is 10.6 Å². The van der Waals surface area contributed by atoms with E-state index in [2.05, 4.69) is 22.1 Å². The minimum atomic E-state index is -0.431. The lowest BCUT2D eigenvalue weighted by atomic mass is 10.2. The molecule has 0 unspecified atom stereocenters. The Morgan fingerprint density at radius 3 is 2.10 bits per heavy atom. The normalized spacial score (nSPS) is 9.80. The van der Waals surface area contributed by atoms with Crippen molar-refractivity contribution in [2.45, 2.75) is 26.7 Å². The fourth-order valence-electron chi connectivity index (χ4n) is 1.72. The van der Waals surface area contributed by atoms with Gasteiger partial charge in [-0.2, -0.15) is 0 Å². The van der Waals surface area contributed by atoms with Crippen molar-refractivity contribution in [3.05, 3.63) is 24.3 Å². The number of benzene rings is 1. The molecule has 0 saturated carbocycles. The monoisotopic (exact) mass is 278 g/mol. The van der Waals surface area contributed by atoms with Crippen LogP contribution in [-0.2, 0) is 4.74 Å². The Morgan fingerprint density at radius 1 is 1.10 bits per heavy atom. The third-order valence-electron chi connectivity index (χ3n) is 2.72. The van der Waals surface area contributed by atoms with Crippen LogP contribution in [0.5, 0.6) is 0 Å². The second-order valence-electron chi connectivity index (χ2n) is 4.64. The predicted octanol–water partition coefficient (Wildman–Crippen LogP) is 3.14. The molecular weight excluding hydrogens is 254 g/mol. The fraction of sp³-hybridized carbons (Fsp3) is 0.467. The summed E-state index contributed by atoms with van der Waals surface area (Å²) < 4.78 is 6.91. The van der Waals surface area contributed by atoms with Crippen molar-refractivity contribution in [3.63, 3.8) is 0 Å². The lowest BCUT2D eigenvalue weighted by Gasteiger charge is -2.07. The van der Waals surface area contributed by atoms with Gasteiger partial charge in [0.1, 0.15) is 5.69 Å². The van der Waals surface area contributed by atoms with E-state index >= 15 is 0 Å². The Morgan fingerprint density at radius 2 is 1.65 bits per heavy atom. The van der Waals surface area contributed by atoms with Crippen LogP contribution in [0.4, 0.5) is 16.2 Å². The highest BCUT2D eigenvalue weighted by molar-refractivity contribution is 5.92. The molecule has 20 heavy (non-hydrogen) atoms. The van der Waals surface area contributed by atoms with E-state index < -0.39 is 6.09 Å². The maximum absolute atomic E-state index is 11.3. The average Bonchev–Trinajstić information content (AvgIpc) is 2.40. The van der Waals surface area contributed by atoms with Crippen molar-refractivity contribution in [3.8, 4) is 0 Å². The van der Waals surface area contributed by atoms with E-state index in [-0.39, 0.29) is 0 Å². The zero-order valence-corrected chi connectivity index (χ0v) is 12.7. The minimum absolute atomic E-state index is 0.365. The summed E-state index contributed by atoms with van der Waals surface area (Å²) in [7, 11) is 4.04. The molecule has 1 rings (SSSR count). The van der Waals surface area contributed by atoms with Crippen LogP contribution in [0.2, 0.25) is 0 Å². The van der Waals surface area contributed by atoms with Crippen molar-refractivity contribution in [1.29, 1.82) is 0 Å². The van der Waals surface area contributed by atoms with Gasteiger partial charge in [-0.3, -0.25) is 9.89 Å². The SMILES string of the molecule is CCCC(Nc1ccc(NC(=O)OCC)cc1)=[N+](C)C. The summed E-state index contributed by atoms with van der Waals surface area (Å²) in [4.78, 5) is 11.3. The summed E-state index contributed by atoms with van der Waals surface area (Å²) in [6, 6.07) is 7.55. The first-order valence-electron chi connectivity index (χ1n) is 6.90. The Balaban J connectivity index is 2.67. The molecule has 0 bridgehead atoms. The number of amides is 1. The van der Waals surface area contributed by atoms with E-state index in [0.717, 1.165) is 24.2 Å². The highest BCUT2D eigenvalue weighted by Crippen LogP contribution is 2.14. The third kappa shape index (κ3) is 5.30. The molecule has 5 nitrogen and oxygen atoms in total. The molecule has 0 atom stereocenters. The zero-order valence-electron chi connectivity index (χ0n) is 12.7. The molecule has 0 spiro atoms. The largest absolute Gasteiger partial charge is 0.450 e. The molecule has 0 aromatic heterocycles. The van der Waals surface area contributed by atoms with Crippen molar-refractivity contribution < 1.29 is 14.1 Å². The second kappa shape index (κ2) is 8.19. The van der Waals surface area contributed by atoms with Crippen LogP contribution in [0.25, 0.3) is 0 Å². The van der Waals surface area contributed by atoms with Crippen molar-refractivity contribution >= 4 is 23.3 Å². The summed E-state index contributed by atoms with van der Waals surface area (Å²) in [5.74, 6) is 1.17. The first-order valence-corrected chi connectivity index (χ1v) is 6.90. The van der Waals surface area contributed by atoms with E-state index in [1.165, 1.54) is 5.84 Å². The molecule has 5 heteroatoms. The second-order valence-corrected chi connectivity index (χ2v) is 4.64. The number of amidine groups is 1. The summed E-state index contributed by atoms with van der Waals surface area (Å²) in [6.45, 7) is 4.29. The summed E-state index contributed by atoms with van der Waals surface area (Å²) in [5, 5.41) is 6.05. The average molecular weight is 278 g/mol. The van der Waals surface area contributed by atoms with Gasteiger partial charge in [-0.05, 0) is 37.6 Å². The van der Waals surface area contributed by atoms with Crippen LogP contribution in [0.3, 0.4) is 0 Å². The van der Waals surface area contributed by atoms with Gasteiger partial charge >= 0.3 is 6.09 Å². The molecule has 110 valence electrons. The van der Waals surface area contributed by atoms with Crippen LogP contribution in [0.1, 0.15) is 26.7 Å². The number of rotatable bonds is 5. The highest BCUT2D eigenvalue weighted by Gasteiger charge is 2.08. The predicted molar refractivity (Wildman–Crippen MR) is 82.7 cm³/mol. The summed E-state index contributed by atoms with van der Waals surface area (Å²) in [6.07, 6.45) is 1.65. The lowest BCUT2D eigenvalue weighted by molar-refractivity contribution is -0.465. The van der Waals surface area contributed by atoms with E-state index in [1.54, 1.807) is 6.92 Å². The number of ether oxygens (including phenoxy) is 1. The molecule has 1 aromatic rings. The molecule has 0 aliphatic carbocycles. The van der Waals surface area contributed by atoms with Crippen LogP contribution in [0.15, 0.2) is 24.3 Å². The van der Waals surface area contributed by atoms with E-state index in [0.29, 0.717) is 6.61 Å².